The molecule has 0 atom stereocenters. The Bertz CT molecular complexity index is 539. The zero-order chi connectivity index (χ0) is 12.4. The number of ether oxygens (including phenoxy) is 1. The van der Waals surface area contributed by atoms with Crippen molar-refractivity contribution >= 4 is 22.9 Å². The molecule has 17 heavy (non-hydrogen) atoms. The first-order chi connectivity index (χ1) is 8.19. The molecule has 1 N–H and O–H groups in total. The van der Waals surface area contributed by atoms with Crippen LogP contribution in [0.15, 0.2) is 24.3 Å². The fraction of sp³-hybridized carbons (Fsp3) is 0.182. The third-order valence-corrected chi connectivity index (χ3v) is 2.37. The predicted octanol–water partition coefficient (Wildman–Crippen LogP) is 1.01. The molecule has 1 aromatic heterocycles. The predicted molar refractivity (Wildman–Crippen MR) is 60.9 cm³/mol. The third-order valence-electron chi connectivity index (χ3n) is 2.37. The van der Waals surface area contributed by atoms with Gasteiger partial charge in [0.05, 0.1) is 12.6 Å². The molecule has 0 unspecified atom stereocenters. The van der Waals surface area contributed by atoms with E-state index in [0.717, 1.165) is 4.68 Å². The zero-order valence-corrected chi connectivity index (χ0v) is 9.43. The molecule has 6 nitrogen and oxygen atoms in total. The van der Waals surface area contributed by atoms with Gasteiger partial charge in [-0.05, 0) is 6.07 Å². The Morgan fingerprint density at radius 1 is 1.35 bits per heavy atom. The first-order valence-electron chi connectivity index (χ1n) is 4.97. The van der Waals surface area contributed by atoms with E-state index in [-0.39, 0.29) is 5.69 Å². The highest BCUT2D eigenvalue weighted by atomic mass is 16.5. The average Bonchev–Trinajstić information content (AvgIpc) is 2.76. The number of rotatable bonds is 1. The van der Waals surface area contributed by atoms with E-state index in [4.69, 9.17) is 0 Å². The van der Waals surface area contributed by atoms with Crippen LogP contribution in [0, 0.1) is 0 Å². The first-order valence-corrected chi connectivity index (χ1v) is 4.97. The maximum atomic E-state index is 11.6. The van der Waals surface area contributed by atoms with Crippen LogP contribution in [-0.2, 0) is 4.74 Å². The molecule has 2 aromatic rings. The molecule has 6 heteroatoms. The minimum Gasteiger partial charge on any atom is -0.464 e. The monoisotopic (exact) mass is 233 g/mol. The minimum atomic E-state index is -0.566. The number of amides is 1. The van der Waals surface area contributed by atoms with E-state index in [0.29, 0.717) is 10.9 Å². The number of para-hydroxylation sites is 1. The number of methoxy groups -OCH3 is 1. The van der Waals surface area contributed by atoms with Gasteiger partial charge < -0.3 is 10.1 Å². The van der Waals surface area contributed by atoms with Crippen molar-refractivity contribution in [2.75, 3.05) is 14.2 Å². The number of carbonyl (C=O) groups is 2. The second kappa shape index (κ2) is 4.25. The van der Waals surface area contributed by atoms with E-state index in [1.807, 2.05) is 0 Å². The number of hydrogen-bond donors (Lipinski definition) is 1. The van der Waals surface area contributed by atoms with Crippen LogP contribution in [0.2, 0.25) is 0 Å². The number of esters is 1. The van der Waals surface area contributed by atoms with Gasteiger partial charge in [-0.3, -0.25) is 0 Å². The molecule has 1 heterocycles. The van der Waals surface area contributed by atoms with Gasteiger partial charge in [0.15, 0.2) is 5.69 Å². The molecule has 1 amide bonds. The molecule has 1 aromatic carbocycles. The lowest BCUT2D eigenvalue weighted by molar-refractivity contribution is 0.0595. The van der Waals surface area contributed by atoms with E-state index < -0.39 is 12.0 Å². The molecule has 0 saturated heterocycles. The van der Waals surface area contributed by atoms with Gasteiger partial charge in [-0.15, -0.1) is 0 Å². The van der Waals surface area contributed by atoms with Crippen molar-refractivity contribution in [1.82, 2.24) is 15.1 Å². The van der Waals surface area contributed by atoms with E-state index in [1.165, 1.54) is 14.2 Å². The molecule has 88 valence electrons. The molecule has 0 aliphatic rings. The van der Waals surface area contributed by atoms with E-state index in [2.05, 4.69) is 15.2 Å². The van der Waals surface area contributed by atoms with Crippen molar-refractivity contribution in [1.29, 1.82) is 0 Å². The molecule has 0 aliphatic heterocycles. The second-order valence-electron chi connectivity index (χ2n) is 3.32. The fourth-order valence-electron chi connectivity index (χ4n) is 1.57. The summed E-state index contributed by atoms with van der Waals surface area (Å²) in [5.74, 6) is -0.566. The number of nitrogens with zero attached hydrogens (tertiary/aromatic N) is 2. The van der Waals surface area contributed by atoms with E-state index >= 15 is 0 Å². The van der Waals surface area contributed by atoms with Gasteiger partial charge >= 0.3 is 12.0 Å². The van der Waals surface area contributed by atoms with Crippen molar-refractivity contribution in [2.24, 2.45) is 0 Å². The average molecular weight is 233 g/mol. The maximum absolute atomic E-state index is 11.6. The molecule has 2 rings (SSSR count). The smallest absolute Gasteiger partial charge is 0.359 e. The Hall–Kier alpha value is -2.37. The van der Waals surface area contributed by atoms with Gasteiger partial charge in [0.1, 0.15) is 0 Å². The lowest BCUT2D eigenvalue weighted by Gasteiger charge is -1.99. The largest absolute Gasteiger partial charge is 0.464 e. The SMILES string of the molecule is CNC(=O)n1nc(C(=O)OC)c2ccccc21. The van der Waals surface area contributed by atoms with Crippen LogP contribution < -0.4 is 5.32 Å². The van der Waals surface area contributed by atoms with Gasteiger partial charge in [0.2, 0.25) is 0 Å². The lowest BCUT2D eigenvalue weighted by Crippen LogP contribution is -2.25. The molecule has 0 bridgehead atoms. The number of carbonyl (C=O) groups excluding carboxylic acids is 2. The van der Waals surface area contributed by atoms with Crippen LogP contribution in [0.5, 0.6) is 0 Å². The summed E-state index contributed by atoms with van der Waals surface area (Å²) >= 11 is 0. The van der Waals surface area contributed by atoms with Crippen molar-refractivity contribution in [3.05, 3.63) is 30.0 Å². The number of aromatic nitrogens is 2. The number of benzene rings is 1. The Labute approximate surface area is 97.2 Å². The molecule has 0 aliphatic carbocycles. The van der Waals surface area contributed by atoms with Gasteiger partial charge in [-0.1, -0.05) is 18.2 Å². The molecule has 0 saturated carbocycles. The summed E-state index contributed by atoms with van der Waals surface area (Å²) in [6, 6.07) is 6.56. The summed E-state index contributed by atoms with van der Waals surface area (Å²) in [6.45, 7) is 0. The van der Waals surface area contributed by atoms with Crippen LogP contribution >= 0.6 is 0 Å². The molecule has 0 spiro atoms. The Morgan fingerprint density at radius 3 is 2.71 bits per heavy atom. The summed E-state index contributed by atoms with van der Waals surface area (Å²) in [4.78, 5) is 23.1. The summed E-state index contributed by atoms with van der Waals surface area (Å²) in [7, 11) is 2.77. The Kier molecular flexibility index (Phi) is 2.78. The van der Waals surface area contributed by atoms with E-state index in [1.54, 1.807) is 24.3 Å². The third kappa shape index (κ3) is 1.73. The topological polar surface area (TPSA) is 73.2 Å². The summed E-state index contributed by atoms with van der Waals surface area (Å²) in [6.07, 6.45) is 0. The fourth-order valence-corrected chi connectivity index (χ4v) is 1.57. The quantitative estimate of drug-likeness (QED) is 0.746. The molecule has 0 fully saturated rings. The summed E-state index contributed by atoms with van der Waals surface area (Å²) in [5.41, 5.74) is 0.693. The summed E-state index contributed by atoms with van der Waals surface area (Å²) < 4.78 is 5.77. The van der Waals surface area contributed by atoms with Crippen molar-refractivity contribution in [3.8, 4) is 0 Å². The molecule has 0 radical (unpaired) electrons. The number of fused-ring (bicyclic) bond motifs is 1. The normalized spacial score (nSPS) is 10.2. The van der Waals surface area contributed by atoms with Crippen molar-refractivity contribution < 1.29 is 14.3 Å². The van der Waals surface area contributed by atoms with Gasteiger partial charge in [-0.2, -0.15) is 9.78 Å². The van der Waals surface area contributed by atoms with Crippen molar-refractivity contribution in [2.45, 2.75) is 0 Å². The first kappa shape index (κ1) is 11.1. The van der Waals surface area contributed by atoms with Gasteiger partial charge in [-0.25, -0.2) is 9.59 Å². The van der Waals surface area contributed by atoms with Crippen LogP contribution in [0.4, 0.5) is 4.79 Å². The lowest BCUT2D eigenvalue weighted by atomic mass is 10.2. The van der Waals surface area contributed by atoms with Crippen LogP contribution in [0.3, 0.4) is 0 Å². The minimum absolute atomic E-state index is 0.131. The standard InChI is InChI=1S/C11H11N3O3/c1-12-11(16)14-8-6-4-3-5-7(8)9(13-14)10(15)17-2/h3-6H,1-2H3,(H,12,16). The highest BCUT2D eigenvalue weighted by molar-refractivity contribution is 6.04. The summed E-state index contributed by atoms with van der Waals surface area (Å²) in [5, 5.41) is 7.00. The van der Waals surface area contributed by atoms with Gasteiger partial charge in [0.25, 0.3) is 0 Å². The Morgan fingerprint density at radius 2 is 2.06 bits per heavy atom. The van der Waals surface area contributed by atoms with Crippen LogP contribution in [0.1, 0.15) is 10.5 Å². The number of nitrogens with one attached hydrogen (secondary N) is 1. The highest BCUT2D eigenvalue weighted by Gasteiger charge is 2.19. The van der Waals surface area contributed by atoms with Crippen molar-refractivity contribution in [3.63, 3.8) is 0 Å². The highest BCUT2D eigenvalue weighted by Crippen LogP contribution is 2.18. The zero-order valence-electron chi connectivity index (χ0n) is 9.43. The molecular formula is C11H11N3O3. The second-order valence-corrected chi connectivity index (χ2v) is 3.32. The molecular weight excluding hydrogens is 222 g/mol. The van der Waals surface area contributed by atoms with E-state index in [9.17, 15) is 9.59 Å². The Balaban J connectivity index is 2.71. The van der Waals surface area contributed by atoms with Crippen LogP contribution in [0.25, 0.3) is 10.9 Å². The van der Waals surface area contributed by atoms with Gasteiger partial charge in [0, 0.05) is 12.4 Å². The number of hydrogen-bond acceptors (Lipinski definition) is 4. The maximum Gasteiger partial charge on any atom is 0.359 e. The van der Waals surface area contributed by atoms with Crippen LogP contribution in [-0.4, -0.2) is 35.9 Å².